The van der Waals surface area contributed by atoms with Crippen molar-refractivity contribution in [3.63, 3.8) is 0 Å². The van der Waals surface area contributed by atoms with Crippen LogP contribution < -0.4 is 15.8 Å². The summed E-state index contributed by atoms with van der Waals surface area (Å²) in [6, 6.07) is 13.2. The Hall–Kier alpha value is -2.46. The van der Waals surface area contributed by atoms with Crippen molar-refractivity contribution in [2.45, 2.75) is 0 Å². The minimum absolute atomic E-state index is 0.563. The number of halogens is 1. The summed E-state index contributed by atoms with van der Waals surface area (Å²) in [5, 5.41) is 4.82. The fourth-order valence-corrected chi connectivity index (χ4v) is 2.32. The van der Waals surface area contributed by atoms with Crippen molar-refractivity contribution in [1.82, 2.24) is 4.98 Å². The van der Waals surface area contributed by atoms with Crippen LogP contribution in [0, 0.1) is 0 Å². The number of ether oxygens (including phenoxy) is 1. The molecule has 21 heavy (non-hydrogen) atoms. The summed E-state index contributed by atoms with van der Waals surface area (Å²) in [6.07, 6.45) is 1.64. The fraction of sp³-hybridized carbons (Fsp3) is 0.0625. The largest absolute Gasteiger partial charge is 0.497 e. The number of nitrogens with one attached hydrogen (secondary N) is 1. The molecule has 0 saturated carbocycles. The number of nitrogens with two attached hydrogens (primary N) is 1. The van der Waals surface area contributed by atoms with Crippen molar-refractivity contribution in [3.05, 3.63) is 53.7 Å². The molecule has 0 aliphatic heterocycles. The number of anilines is 3. The third-order valence-electron chi connectivity index (χ3n) is 3.24. The number of hydrogen-bond donors (Lipinski definition) is 2. The molecule has 0 atom stereocenters. The molecule has 0 bridgehead atoms. The predicted octanol–water partition coefficient (Wildman–Crippen LogP) is 4.22. The van der Waals surface area contributed by atoms with Crippen LogP contribution in [0.4, 0.5) is 17.1 Å². The smallest absolute Gasteiger partial charge is 0.121 e. The van der Waals surface area contributed by atoms with E-state index < -0.39 is 0 Å². The minimum atomic E-state index is 0.563. The van der Waals surface area contributed by atoms with Gasteiger partial charge in [-0.15, -0.1) is 0 Å². The van der Waals surface area contributed by atoms with Crippen molar-refractivity contribution < 1.29 is 4.74 Å². The van der Waals surface area contributed by atoms with Gasteiger partial charge in [0.05, 0.1) is 40.9 Å². The second kappa shape index (κ2) is 5.50. The number of fused-ring (bicyclic) bond motifs is 1. The normalized spacial score (nSPS) is 10.6. The second-order valence-electron chi connectivity index (χ2n) is 4.58. The first kappa shape index (κ1) is 13.5. The Balaban J connectivity index is 2.12. The lowest BCUT2D eigenvalue weighted by Crippen LogP contribution is -1.99. The van der Waals surface area contributed by atoms with Crippen LogP contribution in [0.25, 0.3) is 10.9 Å². The zero-order valence-electron chi connectivity index (χ0n) is 11.4. The molecule has 4 nitrogen and oxygen atoms in total. The Morgan fingerprint density at radius 3 is 2.81 bits per heavy atom. The molecule has 0 fully saturated rings. The summed E-state index contributed by atoms with van der Waals surface area (Å²) >= 11 is 6.23. The Morgan fingerprint density at radius 1 is 1.19 bits per heavy atom. The van der Waals surface area contributed by atoms with Crippen LogP contribution in [0.1, 0.15) is 0 Å². The number of hydrogen-bond acceptors (Lipinski definition) is 4. The first-order valence-electron chi connectivity index (χ1n) is 6.43. The van der Waals surface area contributed by atoms with Crippen molar-refractivity contribution in [2.24, 2.45) is 0 Å². The van der Waals surface area contributed by atoms with Gasteiger partial charge in [0.15, 0.2) is 0 Å². The summed E-state index contributed by atoms with van der Waals surface area (Å²) in [4.78, 5) is 4.32. The predicted molar refractivity (Wildman–Crippen MR) is 87.4 cm³/mol. The second-order valence-corrected chi connectivity index (χ2v) is 4.98. The molecule has 0 aliphatic rings. The maximum absolute atomic E-state index is 6.23. The van der Waals surface area contributed by atoms with E-state index in [-0.39, 0.29) is 0 Å². The van der Waals surface area contributed by atoms with Gasteiger partial charge in [-0.2, -0.15) is 0 Å². The van der Waals surface area contributed by atoms with Gasteiger partial charge in [-0.1, -0.05) is 29.8 Å². The van der Waals surface area contributed by atoms with E-state index in [1.54, 1.807) is 19.4 Å². The Morgan fingerprint density at radius 2 is 2.00 bits per heavy atom. The average Bonchev–Trinajstić information content (AvgIpc) is 2.52. The maximum atomic E-state index is 6.23. The van der Waals surface area contributed by atoms with Crippen LogP contribution in [0.5, 0.6) is 5.75 Å². The van der Waals surface area contributed by atoms with Gasteiger partial charge in [0.25, 0.3) is 0 Å². The molecule has 2 aromatic carbocycles. The van der Waals surface area contributed by atoms with Crippen LogP contribution in [-0.2, 0) is 0 Å². The number of aromatic nitrogens is 1. The van der Waals surface area contributed by atoms with Crippen LogP contribution in [0.3, 0.4) is 0 Å². The molecule has 0 aliphatic carbocycles. The first-order chi connectivity index (χ1) is 10.2. The molecule has 0 unspecified atom stereocenters. The number of pyridine rings is 1. The molecular formula is C16H14ClN3O. The van der Waals surface area contributed by atoms with E-state index in [4.69, 9.17) is 22.1 Å². The van der Waals surface area contributed by atoms with E-state index in [1.807, 2.05) is 36.4 Å². The maximum Gasteiger partial charge on any atom is 0.121 e. The number of para-hydroxylation sites is 1. The van der Waals surface area contributed by atoms with Crippen LogP contribution in [0.15, 0.2) is 48.7 Å². The topological polar surface area (TPSA) is 60.2 Å². The van der Waals surface area contributed by atoms with Gasteiger partial charge in [-0.3, -0.25) is 4.98 Å². The van der Waals surface area contributed by atoms with Crippen LogP contribution in [0.2, 0.25) is 5.02 Å². The summed E-state index contributed by atoms with van der Waals surface area (Å²) in [5.41, 5.74) is 9.01. The molecule has 0 radical (unpaired) electrons. The van der Waals surface area contributed by atoms with Gasteiger partial charge in [0.1, 0.15) is 5.75 Å². The lowest BCUT2D eigenvalue weighted by atomic mass is 10.1. The third kappa shape index (κ3) is 2.58. The lowest BCUT2D eigenvalue weighted by molar-refractivity contribution is 0.415. The first-order valence-corrected chi connectivity index (χ1v) is 6.80. The summed E-state index contributed by atoms with van der Waals surface area (Å²) in [6.45, 7) is 0. The molecule has 0 saturated heterocycles. The van der Waals surface area contributed by atoms with Crippen LogP contribution >= 0.6 is 11.6 Å². The summed E-state index contributed by atoms with van der Waals surface area (Å²) < 4.78 is 5.22. The number of nitrogen functional groups attached to an aromatic ring is 1. The highest BCUT2D eigenvalue weighted by atomic mass is 35.5. The monoisotopic (exact) mass is 299 g/mol. The van der Waals surface area contributed by atoms with Crippen molar-refractivity contribution in [2.75, 3.05) is 18.2 Å². The molecule has 106 valence electrons. The number of benzene rings is 2. The van der Waals surface area contributed by atoms with Gasteiger partial charge in [-0.05, 0) is 18.2 Å². The van der Waals surface area contributed by atoms with E-state index in [1.165, 1.54) is 0 Å². The fourth-order valence-electron chi connectivity index (χ4n) is 2.16. The molecule has 0 amide bonds. The zero-order chi connectivity index (χ0) is 14.8. The highest BCUT2D eigenvalue weighted by molar-refractivity contribution is 6.33. The van der Waals surface area contributed by atoms with Gasteiger partial charge in [0, 0.05) is 11.5 Å². The molecule has 0 spiro atoms. The van der Waals surface area contributed by atoms with Gasteiger partial charge < -0.3 is 15.8 Å². The SMILES string of the molecule is COc1ccc(Cl)c(Nc2c(N)cnc3ccccc23)c1. The Labute approximate surface area is 127 Å². The van der Waals surface area contributed by atoms with Crippen molar-refractivity contribution in [1.29, 1.82) is 0 Å². The molecule has 3 aromatic rings. The summed E-state index contributed by atoms with van der Waals surface area (Å²) in [7, 11) is 1.61. The third-order valence-corrected chi connectivity index (χ3v) is 3.57. The van der Waals surface area contributed by atoms with E-state index >= 15 is 0 Å². The molecule has 3 rings (SSSR count). The molecule has 5 heteroatoms. The number of nitrogens with zero attached hydrogens (tertiary/aromatic N) is 1. The zero-order valence-corrected chi connectivity index (χ0v) is 12.2. The van der Waals surface area contributed by atoms with E-state index in [9.17, 15) is 0 Å². The number of methoxy groups -OCH3 is 1. The van der Waals surface area contributed by atoms with E-state index in [0.717, 1.165) is 28.0 Å². The van der Waals surface area contributed by atoms with Gasteiger partial charge in [0.2, 0.25) is 0 Å². The quantitative estimate of drug-likeness (QED) is 0.760. The van der Waals surface area contributed by atoms with E-state index in [0.29, 0.717) is 10.7 Å². The number of rotatable bonds is 3. The Kier molecular flexibility index (Phi) is 3.54. The highest BCUT2D eigenvalue weighted by Gasteiger charge is 2.09. The Bertz CT molecular complexity index is 805. The van der Waals surface area contributed by atoms with E-state index in [2.05, 4.69) is 10.3 Å². The van der Waals surface area contributed by atoms with Gasteiger partial charge in [-0.25, -0.2) is 0 Å². The lowest BCUT2D eigenvalue weighted by Gasteiger charge is -2.14. The molecule has 3 N–H and O–H groups in total. The molecular weight excluding hydrogens is 286 g/mol. The molecule has 1 aromatic heterocycles. The van der Waals surface area contributed by atoms with Crippen molar-refractivity contribution >= 4 is 39.6 Å². The molecule has 1 heterocycles. The van der Waals surface area contributed by atoms with Gasteiger partial charge >= 0.3 is 0 Å². The minimum Gasteiger partial charge on any atom is -0.497 e. The van der Waals surface area contributed by atoms with Crippen molar-refractivity contribution in [3.8, 4) is 5.75 Å². The summed E-state index contributed by atoms with van der Waals surface area (Å²) in [5.74, 6) is 0.721. The standard InChI is InChI=1S/C16H14ClN3O/c1-21-10-6-7-12(17)15(8-10)20-16-11-4-2-3-5-14(11)19-9-13(16)18/h2-9H,18H2,1H3,(H,19,20). The average molecular weight is 300 g/mol. The highest BCUT2D eigenvalue weighted by Crippen LogP contribution is 2.34. The van der Waals surface area contributed by atoms with Crippen LogP contribution in [-0.4, -0.2) is 12.1 Å².